The van der Waals surface area contributed by atoms with Crippen LogP contribution in [0.5, 0.6) is 0 Å². The predicted octanol–water partition coefficient (Wildman–Crippen LogP) is 2.48. The molecule has 1 aromatic rings. The van der Waals surface area contributed by atoms with E-state index in [9.17, 15) is 4.79 Å². The fraction of sp³-hybridized carbons (Fsp3) is 0.667. The molecule has 1 aromatic carbocycles. The Hall–Kier alpha value is -0.850. The van der Waals surface area contributed by atoms with Crippen LogP contribution >= 0.6 is 24.8 Å². The van der Waals surface area contributed by atoms with Crippen molar-refractivity contribution < 1.29 is 4.79 Å². The molecule has 1 saturated carbocycles. The lowest BCUT2D eigenvalue weighted by molar-refractivity contribution is -0.138. The maximum absolute atomic E-state index is 12.8. The van der Waals surface area contributed by atoms with E-state index < -0.39 is 0 Å². The molecular weight excluding hydrogens is 395 g/mol. The van der Waals surface area contributed by atoms with Crippen LogP contribution in [0.2, 0.25) is 0 Å². The van der Waals surface area contributed by atoms with Crippen molar-refractivity contribution >= 4 is 30.7 Å². The summed E-state index contributed by atoms with van der Waals surface area (Å²) in [6.45, 7) is 7.49. The molecule has 1 aliphatic heterocycles. The highest BCUT2D eigenvalue weighted by molar-refractivity contribution is 5.85. The van der Waals surface area contributed by atoms with Gasteiger partial charge in [0.1, 0.15) is 0 Å². The number of piperazine rings is 1. The molecule has 160 valence electrons. The van der Waals surface area contributed by atoms with Gasteiger partial charge in [-0.05, 0) is 37.9 Å². The van der Waals surface area contributed by atoms with Gasteiger partial charge >= 0.3 is 0 Å². The second-order valence-electron chi connectivity index (χ2n) is 7.92. The molecule has 1 amide bonds. The number of nitrogens with two attached hydrogens (primary N) is 1. The van der Waals surface area contributed by atoms with Crippen LogP contribution in [0.15, 0.2) is 30.3 Å². The molecule has 0 unspecified atom stereocenters. The molecule has 0 aromatic heterocycles. The topological polar surface area (TPSA) is 52.8 Å². The average Bonchev–Trinajstić information content (AvgIpc) is 3.16. The molecule has 28 heavy (non-hydrogen) atoms. The molecule has 5 nitrogen and oxygen atoms in total. The molecule has 0 spiro atoms. The van der Waals surface area contributed by atoms with Crippen LogP contribution in [0.4, 0.5) is 0 Å². The van der Waals surface area contributed by atoms with Crippen LogP contribution in [0, 0.1) is 11.8 Å². The second kappa shape index (κ2) is 12.7. The summed E-state index contributed by atoms with van der Waals surface area (Å²) in [6.07, 6.45) is 3.32. The van der Waals surface area contributed by atoms with Crippen LogP contribution in [0.3, 0.4) is 0 Å². The Labute approximate surface area is 182 Å². The number of carbonyl (C=O) groups is 1. The Balaban J connectivity index is 0.00000196. The largest absolute Gasteiger partial charge is 0.340 e. The maximum atomic E-state index is 12.8. The highest BCUT2D eigenvalue weighted by atomic mass is 35.5. The summed E-state index contributed by atoms with van der Waals surface area (Å²) in [6, 6.07) is 10.6. The highest BCUT2D eigenvalue weighted by Crippen LogP contribution is 2.32. The molecular formula is C21H36Cl2N4O. The molecule has 0 radical (unpaired) electrons. The van der Waals surface area contributed by atoms with E-state index >= 15 is 0 Å². The van der Waals surface area contributed by atoms with E-state index in [0.29, 0.717) is 18.4 Å². The number of amides is 1. The lowest BCUT2D eigenvalue weighted by atomic mass is 9.94. The number of hydrogen-bond acceptors (Lipinski definition) is 4. The first-order chi connectivity index (χ1) is 12.7. The van der Waals surface area contributed by atoms with Crippen LogP contribution in [0.1, 0.15) is 24.8 Å². The predicted molar refractivity (Wildman–Crippen MR) is 120 cm³/mol. The van der Waals surface area contributed by atoms with Crippen LogP contribution in [-0.4, -0.2) is 73.5 Å². The summed E-state index contributed by atoms with van der Waals surface area (Å²) < 4.78 is 0. The molecule has 1 saturated heterocycles. The fourth-order valence-electron chi connectivity index (χ4n) is 4.36. The first-order valence-electron chi connectivity index (χ1n) is 10.1. The number of halogens is 2. The lowest BCUT2D eigenvalue weighted by Crippen LogP contribution is -2.52. The second-order valence-corrected chi connectivity index (χ2v) is 7.92. The summed E-state index contributed by atoms with van der Waals surface area (Å²) in [5, 5.41) is 0. The lowest BCUT2D eigenvalue weighted by Gasteiger charge is -2.37. The zero-order valence-corrected chi connectivity index (χ0v) is 18.6. The molecule has 2 aliphatic rings. The first kappa shape index (κ1) is 25.2. The Morgan fingerprint density at radius 3 is 2.43 bits per heavy atom. The summed E-state index contributed by atoms with van der Waals surface area (Å²) in [5.41, 5.74) is 7.21. The van der Waals surface area contributed by atoms with Gasteiger partial charge in [-0.3, -0.25) is 9.69 Å². The van der Waals surface area contributed by atoms with Gasteiger partial charge in [0.2, 0.25) is 5.91 Å². The quantitative estimate of drug-likeness (QED) is 0.721. The van der Waals surface area contributed by atoms with Crippen molar-refractivity contribution in [1.82, 2.24) is 14.7 Å². The standard InChI is InChI=1S/C21H34N4O.2ClH/c1-23(17-18-6-3-2-4-7-18)10-11-24-12-14-25(15-13-24)21(26)20-9-5-8-19(20)16-22;;/h2-4,6-7,19-20H,5,8-17,22H2,1H3;2*1H/t19-,20-;;/m1../s1. The van der Waals surface area contributed by atoms with Crippen LogP contribution < -0.4 is 5.73 Å². The van der Waals surface area contributed by atoms with Crippen molar-refractivity contribution in [2.75, 3.05) is 52.9 Å². The van der Waals surface area contributed by atoms with Crippen molar-refractivity contribution in [2.45, 2.75) is 25.8 Å². The minimum atomic E-state index is 0. The van der Waals surface area contributed by atoms with Crippen molar-refractivity contribution in [3.05, 3.63) is 35.9 Å². The molecule has 3 rings (SSSR count). The number of nitrogens with zero attached hydrogens (tertiary/aromatic N) is 3. The van der Waals surface area contributed by atoms with Gasteiger partial charge in [0.05, 0.1) is 0 Å². The fourth-order valence-corrected chi connectivity index (χ4v) is 4.36. The van der Waals surface area contributed by atoms with E-state index in [2.05, 4.69) is 52.1 Å². The third kappa shape index (κ3) is 6.89. The van der Waals surface area contributed by atoms with Crippen LogP contribution in [-0.2, 0) is 11.3 Å². The molecule has 2 N–H and O–H groups in total. The zero-order valence-electron chi connectivity index (χ0n) is 17.0. The molecule has 2 fully saturated rings. The van der Waals surface area contributed by atoms with E-state index in [-0.39, 0.29) is 30.7 Å². The summed E-state index contributed by atoms with van der Waals surface area (Å²) in [4.78, 5) is 19.7. The van der Waals surface area contributed by atoms with Gasteiger partial charge in [-0.1, -0.05) is 36.8 Å². The van der Waals surface area contributed by atoms with Gasteiger partial charge in [-0.25, -0.2) is 0 Å². The van der Waals surface area contributed by atoms with Crippen molar-refractivity contribution in [3.63, 3.8) is 0 Å². The van der Waals surface area contributed by atoms with Gasteiger partial charge in [0.15, 0.2) is 0 Å². The summed E-state index contributed by atoms with van der Waals surface area (Å²) in [5.74, 6) is 0.953. The molecule has 1 aliphatic carbocycles. The normalized spacial score (nSPS) is 22.6. The number of carbonyl (C=O) groups excluding carboxylic acids is 1. The number of rotatable bonds is 7. The van der Waals surface area contributed by atoms with Gasteiger partial charge in [-0.15, -0.1) is 24.8 Å². The molecule has 0 bridgehead atoms. The van der Waals surface area contributed by atoms with E-state index in [1.54, 1.807) is 0 Å². The van der Waals surface area contributed by atoms with Gasteiger partial charge < -0.3 is 15.5 Å². The number of hydrogen-bond donors (Lipinski definition) is 1. The van der Waals surface area contributed by atoms with Crippen LogP contribution in [0.25, 0.3) is 0 Å². The molecule has 2 atom stereocenters. The Kier molecular flexibility index (Phi) is 11.4. The monoisotopic (exact) mass is 430 g/mol. The van der Waals surface area contributed by atoms with Gasteiger partial charge in [-0.2, -0.15) is 0 Å². The Bertz CT molecular complexity index is 567. The van der Waals surface area contributed by atoms with Crippen molar-refractivity contribution in [3.8, 4) is 0 Å². The summed E-state index contributed by atoms with van der Waals surface area (Å²) >= 11 is 0. The third-order valence-electron chi connectivity index (χ3n) is 6.06. The van der Waals surface area contributed by atoms with Crippen molar-refractivity contribution in [2.24, 2.45) is 17.6 Å². The zero-order chi connectivity index (χ0) is 18.4. The number of benzene rings is 1. The van der Waals surface area contributed by atoms with E-state index in [0.717, 1.165) is 65.1 Å². The maximum Gasteiger partial charge on any atom is 0.226 e. The Morgan fingerprint density at radius 1 is 1.11 bits per heavy atom. The number of likely N-dealkylation sites (N-methyl/N-ethyl adjacent to an activating group) is 1. The van der Waals surface area contributed by atoms with E-state index in [4.69, 9.17) is 5.73 Å². The highest BCUT2D eigenvalue weighted by Gasteiger charge is 2.35. The van der Waals surface area contributed by atoms with Gasteiger partial charge in [0, 0.05) is 51.7 Å². The molecule has 7 heteroatoms. The summed E-state index contributed by atoms with van der Waals surface area (Å²) in [7, 11) is 2.18. The third-order valence-corrected chi connectivity index (χ3v) is 6.06. The SMILES string of the molecule is CN(CCN1CCN(C(=O)[C@@H]2CCC[C@@H]2CN)CC1)Cc1ccccc1.Cl.Cl. The minimum absolute atomic E-state index is 0. The first-order valence-corrected chi connectivity index (χ1v) is 10.1. The van der Waals surface area contributed by atoms with E-state index in [1.165, 1.54) is 5.56 Å². The smallest absolute Gasteiger partial charge is 0.226 e. The minimum Gasteiger partial charge on any atom is -0.340 e. The van der Waals surface area contributed by atoms with Gasteiger partial charge in [0.25, 0.3) is 0 Å². The van der Waals surface area contributed by atoms with Crippen molar-refractivity contribution in [1.29, 1.82) is 0 Å². The molecule has 1 heterocycles. The van der Waals surface area contributed by atoms with E-state index in [1.807, 2.05) is 0 Å². The average molecular weight is 431 g/mol. The Morgan fingerprint density at radius 2 is 1.79 bits per heavy atom.